The van der Waals surface area contributed by atoms with Crippen LogP contribution in [-0.2, 0) is 18.4 Å². The molecule has 0 unspecified atom stereocenters. The Balaban J connectivity index is 2.43. The summed E-state index contributed by atoms with van der Waals surface area (Å²) in [6.07, 6.45) is 0. The highest BCUT2D eigenvalue weighted by Crippen LogP contribution is 2.23. The molecule has 84 valence electrons. The average Bonchev–Trinajstić information content (AvgIpc) is 2.63. The van der Waals surface area contributed by atoms with Crippen LogP contribution in [0.1, 0.15) is 5.69 Å². The second-order valence-electron chi connectivity index (χ2n) is 3.45. The van der Waals surface area contributed by atoms with Crippen LogP contribution in [0.5, 0.6) is 0 Å². The summed E-state index contributed by atoms with van der Waals surface area (Å²) < 4.78 is 7.93. The summed E-state index contributed by atoms with van der Waals surface area (Å²) in [6, 6.07) is 7.99. The van der Waals surface area contributed by atoms with E-state index in [0.29, 0.717) is 6.61 Å². The topological polar surface area (TPSA) is 39.9 Å². The van der Waals surface area contributed by atoms with Crippen molar-refractivity contribution < 1.29 is 4.74 Å². The van der Waals surface area contributed by atoms with Gasteiger partial charge >= 0.3 is 0 Å². The molecule has 2 aromatic rings. The Morgan fingerprint density at radius 2 is 2.00 bits per heavy atom. The van der Waals surface area contributed by atoms with E-state index in [2.05, 4.69) is 26.2 Å². The monoisotopic (exact) mass is 281 g/mol. The molecule has 0 saturated heterocycles. The van der Waals surface area contributed by atoms with Crippen molar-refractivity contribution in [2.45, 2.75) is 6.61 Å². The van der Waals surface area contributed by atoms with Crippen LogP contribution in [0.25, 0.3) is 11.3 Å². The molecule has 0 fully saturated rings. The highest BCUT2D eigenvalue weighted by atomic mass is 79.9. The Morgan fingerprint density at radius 1 is 1.31 bits per heavy atom. The summed E-state index contributed by atoms with van der Waals surface area (Å²) in [5.74, 6) is 0. The maximum atomic E-state index is 5.14. The van der Waals surface area contributed by atoms with E-state index in [0.717, 1.165) is 21.4 Å². The van der Waals surface area contributed by atoms with Crippen LogP contribution in [-0.4, -0.2) is 22.1 Å². The molecule has 4 nitrogen and oxygen atoms in total. The van der Waals surface area contributed by atoms with Crippen LogP contribution in [0.15, 0.2) is 28.7 Å². The number of nitrogens with zero attached hydrogens (tertiary/aromatic N) is 3. The number of aryl methyl sites for hydroxylation is 1. The lowest BCUT2D eigenvalue weighted by Crippen LogP contribution is -2.00. The number of hydrogen-bond donors (Lipinski definition) is 0. The SMILES string of the molecule is COCc1c(-c2ccc(Br)cc2)nnn1C. The largest absolute Gasteiger partial charge is 0.378 e. The molecule has 1 aromatic heterocycles. The predicted octanol–water partition coefficient (Wildman–Crippen LogP) is 2.39. The molecular weight excluding hydrogens is 270 g/mol. The maximum Gasteiger partial charge on any atom is 0.118 e. The van der Waals surface area contributed by atoms with Gasteiger partial charge < -0.3 is 4.74 Å². The van der Waals surface area contributed by atoms with Crippen molar-refractivity contribution in [1.29, 1.82) is 0 Å². The summed E-state index contributed by atoms with van der Waals surface area (Å²) >= 11 is 3.41. The van der Waals surface area contributed by atoms with Gasteiger partial charge in [-0.2, -0.15) is 0 Å². The third kappa shape index (κ3) is 2.15. The van der Waals surface area contributed by atoms with E-state index < -0.39 is 0 Å². The van der Waals surface area contributed by atoms with Crippen LogP contribution in [0.2, 0.25) is 0 Å². The molecule has 0 saturated carbocycles. The second kappa shape index (κ2) is 4.76. The molecule has 2 rings (SSSR count). The van der Waals surface area contributed by atoms with Crippen LogP contribution >= 0.6 is 15.9 Å². The fourth-order valence-corrected chi connectivity index (χ4v) is 1.77. The molecule has 0 N–H and O–H groups in total. The summed E-state index contributed by atoms with van der Waals surface area (Å²) in [6.45, 7) is 0.509. The quantitative estimate of drug-likeness (QED) is 0.867. The van der Waals surface area contributed by atoms with E-state index in [4.69, 9.17) is 4.74 Å². The van der Waals surface area contributed by atoms with Gasteiger partial charge in [0, 0.05) is 24.2 Å². The van der Waals surface area contributed by atoms with Crippen LogP contribution in [0, 0.1) is 0 Å². The number of hydrogen-bond acceptors (Lipinski definition) is 3. The lowest BCUT2D eigenvalue weighted by atomic mass is 10.1. The van der Waals surface area contributed by atoms with E-state index >= 15 is 0 Å². The van der Waals surface area contributed by atoms with Gasteiger partial charge in [-0.25, -0.2) is 4.68 Å². The fraction of sp³-hybridized carbons (Fsp3) is 0.273. The van der Waals surface area contributed by atoms with Gasteiger partial charge in [-0.05, 0) is 12.1 Å². The van der Waals surface area contributed by atoms with Crippen molar-refractivity contribution in [1.82, 2.24) is 15.0 Å². The number of methoxy groups -OCH3 is 1. The van der Waals surface area contributed by atoms with Gasteiger partial charge in [-0.1, -0.05) is 33.3 Å². The van der Waals surface area contributed by atoms with Crippen LogP contribution in [0.4, 0.5) is 0 Å². The van der Waals surface area contributed by atoms with Crippen molar-refractivity contribution in [3.8, 4) is 11.3 Å². The van der Waals surface area contributed by atoms with Gasteiger partial charge in [0.05, 0.1) is 12.3 Å². The standard InChI is InChI=1S/C11H12BrN3O/c1-15-10(7-16-2)11(13-14-15)8-3-5-9(12)6-4-8/h3-6H,7H2,1-2H3. The molecule has 0 aliphatic heterocycles. The highest BCUT2D eigenvalue weighted by Gasteiger charge is 2.11. The average molecular weight is 282 g/mol. The molecule has 0 bridgehead atoms. The molecule has 0 spiro atoms. The lowest BCUT2D eigenvalue weighted by molar-refractivity contribution is 0.178. The first-order valence-electron chi connectivity index (χ1n) is 4.86. The zero-order valence-corrected chi connectivity index (χ0v) is 10.7. The van der Waals surface area contributed by atoms with Gasteiger partial charge in [0.1, 0.15) is 5.69 Å². The van der Waals surface area contributed by atoms with E-state index in [1.807, 2.05) is 31.3 Å². The minimum Gasteiger partial charge on any atom is -0.378 e. The van der Waals surface area contributed by atoms with Gasteiger partial charge in [0.2, 0.25) is 0 Å². The minimum atomic E-state index is 0.509. The Bertz CT molecular complexity index is 478. The minimum absolute atomic E-state index is 0.509. The third-order valence-corrected chi connectivity index (χ3v) is 2.87. The molecule has 5 heteroatoms. The van der Waals surface area contributed by atoms with Crippen molar-refractivity contribution in [3.63, 3.8) is 0 Å². The van der Waals surface area contributed by atoms with Gasteiger partial charge in [-0.3, -0.25) is 0 Å². The zero-order chi connectivity index (χ0) is 11.5. The molecule has 0 aliphatic carbocycles. The Labute approximate surface area is 102 Å². The number of aromatic nitrogens is 3. The summed E-state index contributed by atoms with van der Waals surface area (Å²) in [5.41, 5.74) is 2.89. The molecule has 0 amide bonds. The number of rotatable bonds is 3. The van der Waals surface area contributed by atoms with Gasteiger partial charge in [0.15, 0.2) is 0 Å². The summed E-state index contributed by atoms with van der Waals surface area (Å²) in [7, 11) is 3.53. The van der Waals surface area contributed by atoms with Crippen molar-refractivity contribution >= 4 is 15.9 Å². The third-order valence-electron chi connectivity index (χ3n) is 2.34. The zero-order valence-electron chi connectivity index (χ0n) is 9.14. The number of halogens is 1. The van der Waals surface area contributed by atoms with Crippen molar-refractivity contribution in [2.75, 3.05) is 7.11 Å². The molecular formula is C11H12BrN3O. The van der Waals surface area contributed by atoms with E-state index in [9.17, 15) is 0 Å². The van der Waals surface area contributed by atoms with E-state index in [-0.39, 0.29) is 0 Å². The van der Waals surface area contributed by atoms with Crippen LogP contribution < -0.4 is 0 Å². The molecule has 1 aromatic carbocycles. The van der Waals surface area contributed by atoms with Gasteiger partial charge in [-0.15, -0.1) is 5.10 Å². The fourth-order valence-electron chi connectivity index (χ4n) is 1.51. The van der Waals surface area contributed by atoms with E-state index in [1.165, 1.54) is 0 Å². The van der Waals surface area contributed by atoms with E-state index in [1.54, 1.807) is 11.8 Å². The van der Waals surface area contributed by atoms with Crippen LogP contribution in [0.3, 0.4) is 0 Å². The number of benzene rings is 1. The van der Waals surface area contributed by atoms with Crippen molar-refractivity contribution in [3.05, 3.63) is 34.4 Å². The molecule has 0 radical (unpaired) electrons. The normalized spacial score (nSPS) is 10.7. The second-order valence-corrected chi connectivity index (χ2v) is 4.36. The Hall–Kier alpha value is -1.20. The molecule has 1 heterocycles. The summed E-state index contributed by atoms with van der Waals surface area (Å²) in [4.78, 5) is 0. The van der Waals surface area contributed by atoms with Gasteiger partial charge in [0.25, 0.3) is 0 Å². The maximum absolute atomic E-state index is 5.14. The first kappa shape index (κ1) is 11.3. The summed E-state index contributed by atoms with van der Waals surface area (Å²) in [5, 5.41) is 8.16. The first-order valence-corrected chi connectivity index (χ1v) is 5.65. The Morgan fingerprint density at radius 3 is 2.62 bits per heavy atom. The smallest absolute Gasteiger partial charge is 0.118 e. The highest BCUT2D eigenvalue weighted by molar-refractivity contribution is 9.10. The molecule has 16 heavy (non-hydrogen) atoms. The molecule has 0 atom stereocenters. The first-order chi connectivity index (χ1) is 7.72. The Kier molecular flexibility index (Phi) is 3.36. The van der Waals surface area contributed by atoms with Crippen molar-refractivity contribution in [2.24, 2.45) is 7.05 Å². The molecule has 0 aliphatic rings. The predicted molar refractivity (Wildman–Crippen MR) is 64.9 cm³/mol. The number of ether oxygens (including phenoxy) is 1. The lowest BCUT2D eigenvalue weighted by Gasteiger charge is -2.03.